The maximum atomic E-state index is 6.57. The fraction of sp³-hybridized carbons (Fsp3) is 0.333. The summed E-state index contributed by atoms with van der Waals surface area (Å²) in [6, 6.07) is 0. The molecule has 8 heavy (non-hydrogen) atoms. The van der Waals surface area contributed by atoms with Crippen molar-refractivity contribution >= 4 is 12.4 Å². The summed E-state index contributed by atoms with van der Waals surface area (Å²) in [7, 11) is 0. The Bertz CT molecular complexity index is 122. The van der Waals surface area contributed by atoms with Crippen LogP contribution in [0.2, 0.25) is 0 Å². The second kappa shape index (κ2) is 4.24. The molecule has 0 amide bonds. The third kappa shape index (κ3) is 3.28. The van der Waals surface area contributed by atoms with Gasteiger partial charge in [-0.1, -0.05) is 6.08 Å². The highest BCUT2D eigenvalue weighted by molar-refractivity contribution is 6.14. The third-order valence-electron chi connectivity index (χ3n) is 0.770. The molecule has 0 aliphatic heterocycles. The quantitative estimate of drug-likeness (QED) is 0.524. The van der Waals surface area contributed by atoms with E-state index in [2.05, 4.69) is 4.99 Å². The number of nitrogens with one attached hydrogen (secondary N) is 1. The van der Waals surface area contributed by atoms with Gasteiger partial charge in [0.1, 0.15) is 0 Å². The second-order valence-electron chi connectivity index (χ2n) is 1.37. The minimum atomic E-state index is 0.938. The summed E-state index contributed by atoms with van der Waals surface area (Å²) in [5.41, 5.74) is 0.938. The first kappa shape index (κ1) is 7.08. The van der Waals surface area contributed by atoms with Gasteiger partial charge in [0.05, 0.1) is 0 Å². The van der Waals surface area contributed by atoms with Crippen LogP contribution in [-0.4, -0.2) is 12.4 Å². The molecule has 0 bridgehead atoms. The summed E-state index contributed by atoms with van der Waals surface area (Å²) in [6.45, 7) is 3.80. The van der Waals surface area contributed by atoms with E-state index in [4.69, 9.17) is 5.41 Å². The lowest BCUT2D eigenvalue weighted by atomic mass is 10.5. The SMILES string of the molecule is C/C=C(/C)N=CC=N. The first-order valence-corrected chi connectivity index (χ1v) is 2.47. The van der Waals surface area contributed by atoms with Crippen LogP contribution in [0.5, 0.6) is 0 Å². The van der Waals surface area contributed by atoms with Crippen LogP contribution >= 0.6 is 0 Å². The predicted molar refractivity (Wildman–Crippen MR) is 36.7 cm³/mol. The summed E-state index contributed by atoms with van der Waals surface area (Å²) >= 11 is 0. The maximum absolute atomic E-state index is 6.57. The van der Waals surface area contributed by atoms with Crippen molar-refractivity contribution in [3.63, 3.8) is 0 Å². The lowest BCUT2D eigenvalue weighted by Crippen LogP contribution is -1.72. The van der Waals surface area contributed by atoms with Crippen molar-refractivity contribution in [1.82, 2.24) is 0 Å². The zero-order valence-electron chi connectivity index (χ0n) is 5.18. The van der Waals surface area contributed by atoms with Crippen molar-refractivity contribution in [2.24, 2.45) is 4.99 Å². The summed E-state index contributed by atoms with van der Waals surface area (Å²) in [5, 5.41) is 6.57. The van der Waals surface area contributed by atoms with Gasteiger partial charge in [-0.2, -0.15) is 0 Å². The van der Waals surface area contributed by atoms with Gasteiger partial charge in [-0.25, -0.2) is 0 Å². The van der Waals surface area contributed by atoms with E-state index in [-0.39, 0.29) is 0 Å². The fourth-order valence-corrected chi connectivity index (χ4v) is 0.229. The number of nitrogens with zero attached hydrogens (tertiary/aromatic N) is 1. The largest absolute Gasteiger partial charge is 0.307 e. The molecule has 0 aromatic rings. The number of hydrogen-bond acceptors (Lipinski definition) is 2. The molecule has 0 radical (unpaired) electrons. The van der Waals surface area contributed by atoms with Gasteiger partial charge in [0, 0.05) is 18.1 Å². The second-order valence-corrected chi connectivity index (χ2v) is 1.37. The Labute approximate surface area is 49.5 Å². The molecule has 44 valence electrons. The van der Waals surface area contributed by atoms with Gasteiger partial charge in [0.25, 0.3) is 0 Å². The van der Waals surface area contributed by atoms with Gasteiger partial charge in [-0.15, -0.1) is 0 Å². The molecule has 0 rings (SSSR count). The Hall–Kier alpha value is -0.920. The van der Waals surface area contributed by atoms with E-state index < -0.39 is 0 Å². The summed E-state index contributed by atoms with van der Waals surface area (Å²) in [4.78, 5) is 3.85. The molecule has 0 unspecified atom stereocenters. The molecule has 0 spiro atoms. The zero-order chi connectivity index (χ0) is 6.41. The van der Waals surface area contributed by atoms with E-state index in [1.807, 2.05) is 19.9 Å². The van der Waals surface area contributed by atoms with Crippen molar-refractivity contribution in [2.45, 2.75) is 13.8 Å². The van der Waals surface area contributed by atoms with Crippen LogP contribution in [0.1, 0.15) is 13.8 Å². The average Bonchev–Trinajstić information content (AvgIpc) is 1.83. The molecule has 0 aromatic carbocycles. The first-order chi connectivity index (χ1) is 3.81. The van der Waals surface area contributed by atoms with Crippen LogP contribution in [-0.2, 0) is 0 Å². The van der Waals surface area contributed by atoms with E-state index in [1.54, 1.807) is 0 Å². The van der Waals surface area contributed by atoms with Crippen LogP contribution in [0.25, 0.3) is 0 Å². The molecule has 0 aliphatic rings. The van der Waals surface area contributed by atoms with E-state index in [0.717, 1.165) is 11.9 Å². The number of rotatable bonds is 2. The molecular formula is C6H10N2. The molecule has 0 aliphatic carbocycles. The van der Waals surface area contributed by atoms with Gasteiger partial charge < -0.3 is 5.41 Å². The number of hydrogen-bond donors (Lipinski definition) is 1. The molecule has 0 saturated carbocycles. The molecule has 2 heteroatoms. The van der Waals surface area contributed by atoms with Crippen molar-refractivity contribution in [3.8, 4) is 0 Å². The van der Waals surface area contributed by atoms with Crippen molar-refractivity contribution in [2.75, 3.05) is 0 Å². The highest BCUT2D eigenvalue weighted by atomic mass is 14.7. The Balaban J connectivity index is 3.69. The lowest BCUT2D eigenvalue weighted by molar-refractivity contribution is 1.30. The first-order valence-electron chi connectivity index (χ1n) is 2.47. The minimum absolute atomic E-state index is 0.938. The number of aliphatic imine (C=N–C) groups is 1. The number of allylic oxidation sites excluding steroid dienone is 2. The van der Waals surface area contributed by atoms with E-state index in [1.165, 1.54) is 6.21 Å². The smallest absolute Gasteiger partial charge is 0.0446 e. The zero-order valence-corrected chi connectivity index (χ0v) is 5.18. The molecule has 0 fully saturated rings. The van der Waals surface area contributed by atoms with Crippen molar-refractivity contribution in [1.29, 1.82) is 5.41 Å². The predicted octanol–water partition coefficient (Wildman–Crippen LogP) is 1.63. The van der Waals surface area contributed by atoms with E-state index >= 15 is 0 Å². The molecule has 0 atom stereocenters. The fourth-order valence-electron chi connectivity index (χ4n) is 0.229. The Morgan fingerprint density at radius 3 is 2.62 bits per heavy atom. The van der Waals surface area contributed by atoms with Crippen LogP contribution in [0.15, 0.2) is 16.8 Å². The van der Waals surface area contributed by atoms with Gasteiger partial charge in [0.15, 0.2) is 0 Å². The van der Waals surface area contributed by atoms with Crippen LogP contribution in [0, 0.1) is 5.41 Å². The average molecular weight is 110 g/mol. The van der Waals surface area contributed by atoms with Crippen LogP contribution in [0.4, 0.5) is 0 Å². The van der Waals surface area contributed by atoms with Crippen molar-refractivity contribution < 1.29 is 0 Å². The van der Waals surface area contributed by atoms with Gasteiger partial charge in [-0.05, 0) is 13.8 Å². The molecular weight excluding hydrogens is 100 g/mol. The summed E-state index contributed by atoms with van der Waals surface area (Å²) in [5.74, 6) is 0. The Morgan fingerprint density at radius 1 is 1.62 bits per heavy atom. The maximum Gasteiger partial charge on any atom is 0.0446 e. The summed E-state index contributed by atoms with van der Waals surface area (Å²) < 4.78 is 0. The highest BCUT2D eigenvalue weighted by Crippen LogP contribution is 1.89. The third-order valence-corrected chi connectivity index (χ3v) is 0.770. The topological polar surface area (TPSA) is 36.2 Å². The van der Waals surface area contributed by atoms with E-state index in [0.29, 0.717) is 0 Å². The van der Waals surface area contributed by atoms with Crippen LogP contribution < -0.4 is 0 Å². The van der Waals surface area contributed by atoms with Crippen LogP contribution in [0.3, 0.4) is 0 Å². The minimum Gasteiger partial charge on any atom is -0.307 e. The van der Waals surface area contributed by atoms with Gasteiger partial charge in [0.2, 0.25) is 0 Å². The normalized spacial score (nSPS) is 12.5. The van der Waals surface area contributed by atoms with Gasteiger partial charge in [-0.3, -0.25) is 4.99 Å². The molecule has 0 heterocycles. The molecule has 1 N–H and O–H groups in total. The molecule has 2 nitrogen and oxygen atoms in total. The van der Waals surface area contributed by atoms with Crippen molar-refractivity contribution in [3.05, 3.63) is 11.8 Å². The van der Waals surface area contributed by atoms with Gasteiger partial charge >= 0.3 is 0 Å². The molecule has 0 aromatic heterocycles. The monoisotopic (exact) mass is 110 g/mol. The summed E-state index contributed by atoms with van der Waals surface area (Å²) in [6.07, 6.45) is 4.50. The Kier molecular flexibility index (Phi) is 3.76. The Morgan fingerprint density at radius 2 is 2.25 bits per heavy atom. The molecule has 0 saturated heterocycles. The van der Waals surface area contributed by atoms with E-state index in [9.17, 15) is 0 Å². The lowest BCUT2D eigenvalue weighted by Gasteiger charge is -1.82. The highest BCUT2D eigenvalue weighted by Gasteiger charge is 1.71. The standard InChI is InChI=1S/C6H10N2/c1-3-6(2)8-5-4-7/h3-5,7H,1-2H3/b6-3-,7-4?,8-5?.